The highest BCUT2D eigenvalue weighted by molar-refractivity contribution is 9.11. The summed E-state index contributed by atoms with van der Waals surface area (Å²) in [6.07, 6.45) is 1.82. The van der Waals surface area contributed by atoms with Crippen LogP contribution in [0.1, 0.15) is 13.8 Å². The molecule has 1 aromatic heterocycles. The van der Waals surface area contributed by atoms with Crippen molar-refractivity contribution in [2.24, 2.45) is 0 Å². The molecule has 1 rings (SSSR count). The summed E-state index contributed by atoms with van der Waals surface area (Å²) in [5.74, 6) is 0.993. The molecule has 1 heterocycles. The van der Waals surface area contributed by atoms with Crippen LogP contribution in [0.15, 0.2) is 21.2 Å². The van der Waals surface area contributed by atoms with Crippen molar-refractivity contribution < 1.29 is 0 Å². The van der Waals surface area contributed by atoms with Crippen molar-refractivity contribution in [3.63, 3.8) is 0 Å². The van der Waals surface area contributed by atoms with Crippen LogP contribution in [0.4, 0.5) is 5.82 Å². The quantitative estimate of drug-likeness (QED) is 0.703. The molecule has 1 aromatic rings. The highest BCUT2D eigenvalue weighted by atomic mass is 79.9. The molecule has 0 atom stereocenters. The largest absolute Gasteiger partial charge is 0.352 e. The third-order valence-corrected chi connectivity index (χ3v) is 3.38. The molecule has 0 aliphatic rings. The molecule has 2 nitrogen and oxygen atoms in total. The predicted octanol–water partition coefficient (Wildman–Crippen LogP) is 4.22. The molecule has 0 unspecified atom stereocenters. The van der Waals surface area contributed by atoms with E-state index in [0.717, 1.165) is 26.6 Å². The Labute approximate surface area is 116 Å². The predicted molar refractivity (Wildman–Crippen MR) is 75.9 cm³/mol. The molecule has 0 aromatic carbocycles. The minimum absolute atomic E-state index is 0.438. The molecule has 0 fully saturated rings. The van der Waals surface area contributed by atoms with Crippen molar-refractivity contribution in [1.29, 1.82) is 0 Å². The van der Waals surface area contributed by atoms with Gasteiger partial charge in [-0.05, 0) is 51.8 Å². The molecular weight excluding hydrogens is 388 g/mol. The molecule has 0 saturated heterocycles. The van der Waals surface area contributed by atoms with Crippen LogP contribution in [0, 0.1) is 0 Å². The average molecular weight is 401 g/mol. The van der Waals surface area contributed by atoms with E-state index in [1.807, 2.05) is 12.3 Å². The van der Waals surface area contributed by atoms with E-state index in [9.17, 15) is 0 Å². The van der Waals surface area contributed by atoms with Gasteiger partial charge in [-0.1, -0.05) is 15.9 Å². The van der Waals surface area contributed by atoms with Gasteiger partial charge in [0.15, 0.2) is 0 Å². The van der Waals surface area contributed by atoms with Gasteiger partial charge in [-0.15, -0.1) is 0 Å². The number of rotatable bonds is 4. The smallest absolute Gasteiger partial charge is 0.143 e. The van der Waals surface area contributed by atoms with E-state index in [2.05, 4.69) is 71.5 Å². The zero-order chi connectivity index (χ0) is 11.4. The van der Waals surface area contributed by atoms with Crippen molar-refractivity contribution in [2.45, 2.75) is 19.9 Å². The van der Waals surface area contributed by atoms with E-state index in [1.54, 1.807) is 0 Å². The summed E-state index contributed by atoms with van der Waals surface area (Å²) < 4.78 is 2.01. The molecule has 0 N–H and O–H groups in total. The van der Waals surface area contributed by atoms with Crippen molar-refractivity contribution in [2.75, 3.05) is 16.8 Å². The first-order valence-corrected chi connectivity index (χ1v) is 7.40. The fraction of sp³-hybridized carbons (Fsp3) is 0.500. The SMILES string of the molecule is CC(C)N(CCBr)c1ncc(Br)cc1Br. The number of anilines is 1. The third-order valence-electron chi connectivity index (χ3n) is 2.01. The molecule has 0 amide bonds. The highest BCUT2D eigenvalue weighted by Crippen LogP contribution is 2.27. The second-order valence-corrected chi connectivity index (χ2v) is 6.00. The Kier molecular flexibility index (Phi) is 5.57. The Balaban J connectivity index is 3.00. The minimum Gasteiger partial charge on any atom is -0.352 e. The van der Waals surface area contributed by atoms with Gasteiger partial charge in [0.05, 0.1) is 4.47 Å². The van der Waals surface area contributed by atoms with Gasteiger partial charge in [0.2, 0.25) is 0 Å². The minimum atomic E-state index is 0.438. The Hall–Kier alpha value is 0.390. The zero-order valence-electron chi connectivity index (χ0n) is 8.67. The Morgan fingerprint density at radius 3 is 2.53 bits per heavy atom. The van der Waals surface area contributed by atoms with Crippen LogP contribution in [0.3, 0.4) is 0 Å². The summed E-state index contributed by atoms with van der Waals surface area (Å²) in [4.78, 5) is 6.68. The second-order valence-electron chi connectivity index (χ2n) is 3.44. The topological polar surface area (TPSA) is 16.1 Å². The van der Waals surface area contributed by atoms with E-state index in [-0.39, 0.29) is 0 Å². The van der Waals surface area contributed by atoms with Crippen LogP contribution in [-0.2, 0) is 0 Å². The fourth-order valence-electron chi connectivity index (χ4n) is 1.32. The van der Waals surface area contributed by atoms with Gasteiger partial charge in [-0.2, -0.15) is 0 Å². The molecule has 5 heteroatoms. The fourth-order valence-corrected chi connectivity index (χ4v) is 2.92. The lowest BCUT2D eigenvalue weighted by Gasteiger charge is -2.28. The first-order valence-electron chi connectivity index (χ1n) is 4.70. The van der Waals surface area contributed by atoms with Crippen molar-refractivity contribution in [1.82, 2.24) is 4.98 Å². The average Bonchev–Trinajstić information content (AvgIpc) is 2.15. The number of alkyl halides is 1. The lowest BCUT2D eigenvalue weighted by atomic mass is 10.3. The standard InChI is InChI=1S/C10H13Br3N2/c1-7(2)15(4-3-11)10-9(13)5-8(12)6-14-10/h5-7H,3-4H2,1-2H3. The van der Waals surface area contributed by atoms with Gasteiger partial charge < -0.3 is 4.90 Å². The first-order chi connectivity index (χ1) is 7.06. The maximum Gasteiger partial charge on any atom is 0.143 e. The lowest BCUT2D eigenvalue weighted by molar-refractivity contribution is 0.696. The van der Waals surface area contributed by atoms with E-state index in [4.69, 9.17) is 0 Å². The van der Waals surface area contributed by atoms with Crippen LogP contribution < -0.4 is 4.90 Å². The van der Waals surface area contributed by atoms with Crippen LogP contribution >= 0.6 is 47.8 Å². The van der Waals surface area contributed by atoms with Gasteiger partial charge in [0.25, 0.3) is 0 Å². The Morgan fingerprint density at radius 2 is 2.07 bits per heavy atom. The maximum atomic E-state index is 4.43. The summed E-state index contributed by atoms with van der Waals surface area (Å²) in [7, 11) is 0. The summed E-state index contributed by atoms with van der Waals surface area (Å²) in [5.41, 5.74) is 0. The van der Waals surface area contributed by atoms with Gasteiger partial charge >= 0.3 is 0 Å². The Bertz CT molecular complexity index is 328. The van der Waals surface area contributed by atoms with E-state index in [0.29, 0.717) is 6.04 Å². The van der Waals surface area contributed by atoms with Crippen molar-refractivity contribution in [3.05, 3.63) is 21.2 Å². The molecule has 0 radical (unpaired) electrons. The van der Waals surface area contributed by atoms with Gasteiger partial charge in [0.1, 0.15) is 5.82 Å². The van der Waals surface area contributed by atoms with Crippen molar-refractivity contribution in [3.8, 4) is 0 Å². The molecule has 0 aliphatic heterocycles. The zero-order valence-corrected chi connectivity index (χ0v) is 13.4. The molecule has 0 aliphatic carbocycles. The van der Waals surface area contributed by atoms with Gasteiger partial charge in [0, 0.05) is 28.6 Å². The Morgan fingerprint density at radius 1 is 1.40 bits per heavy atom. The van der Waals surface area contributed by atoms with Gasteiger partial charge in [-0.25, -0.2) is 4.98 Å². The van der Waals surface area contributed by atoms with Gasteiger partial charge in [-0.3, -0.25) is 0 Å². The van der Waals surface area contributed by atoms with E-state index >= 15 is 0 Å². The number of aromatic nitrogens is 1. The number of pyridine rings is 1. The normalized spacial score (nSPS) is 10.8. The number of nitrogens with zero attached hydrogens (tertiary/aromatic N) is 2. The monoisotopic (exact) mass is 398 g/mol. The van der Waals surface area contributed by atoms with E-state index in [1.165, 1.54) is 0 Å². The molecule has 15 heavy (non-hydrogen) atoms. The van der Waals surface area contributed by atoms with E-state index < -0.39 is 0 Å². The van der Waals surface area contributed by atoms with Crippen LogP contribution in [0.25, 0.3) is 0 Å². The van der Waals surface area contributed by atoms with Crippen LogP contribution in [-0.4, -0.2) is 22.9 Å². The summed E-state index contributed by atoms with van der Waals surface area (Å²) in [5, 5.41) is 0.940. The van der Waals surface area contributed by atoms with Crippen LogP contribution in [0.5, 0.6) is 0 Å². The number of hydrogen-bond acceptors (Lipinski definition) is 2. The number of hydrogen-bond donors (Lipinski definition) is 0. The molecule has 84 valence electrons. The summed E-state index contributed by atoms with van der Waals surface area (Å²) >= 11 is 10.4. The first kappa shape index (κ1) is 13.5. The van der Waals surface area contributed by atoms with Crippen LogP contribution in [0.2, 0.25) is 0 Å². The summed E-state index contributed by atoms with van der Waals surface area (Å²) in [6.45, 7) is 5.28. The molecular formula is C10H13Br3N2. The highest BCUT2D eigenvalue weighted by Gasteiger charge is 2.14. The summed E-state index contributed by atoms with van der Waals surface area (Å²) in [6, 6.07) is 2.46. The van der Waals surface area contributed by atoms with Crippen molar-refractivity contribution >= 4 is 53.6 Å². The second kappa shape index (κ2) is 6.21. The lowest BCUT2D eigenvalue weighted by Crippen LogP contribution is -2.33. The molecule has 0 bridgehead atoms. The maximum absolute atomic E-state index is 4.43. The molecule has 0 saturated carbocycles. The number of halogens is 3. The molecule has 0 spiro atoms. The third kappa shape index (κ3) is 3.71.